The van der Waals surface area contributed by atoms with Crippen LogP contribution in [0.25, 0.3) is 0 Å². The Hall–Kier alpha value is -1.52. The van der Waals surface area contributed by atoms with Crippen LogP contribution in [0, 0.1) is 11.3 Å². The second kappa shape index (κ2) is 3.81. The molecule has 1 atom stereocenters. The highest BCUT2D eigenvalue weighted by molar-refractivity contribution is 5.66. The molecule has 1 saturated carbocycles. The zero-order valence-electron chi connectivity index (χ0n) is 9.95. The summed E-state index contributed by atoms with van der Waals surface area (Å²) in [6.07, 6.45) is 2.71. The topological polar surface area (TPSA) is 73.1 Å². The Morgan fingerprint density at radius 1 is 1.56 bits per heavy atom. The summed E-state index contributed by atoms with van der Waals surface area (Å²) in [7, 11) is 1.55. The molecule has 1 aromatic rings. The van der Waals surface area contributed by atoms with Crippen LogP contribution >= 0.6 is 0 Å². The number of hydrogen-bond acceptors (Lipinski definition) is 5. The predicted molar refractivity (Wildman–Crippen MR) is 63.4 cm³/mol. The molecule has 3 N–H and O–H groups in total. The van der Waals surface area contributed by atoms with E-state index >= 15 is 0 Å². The Balaban J connectivity index is 1.99. The molecule has 88 valence electrons. The number of nitrogen functional groups attached to an aromatic ring is 1. The molecule has 0 amide bonds. The lowest BCUT2D eigenvalue weighted by Gasteiger charge is -2.10. The molecule has 0 saturated heterocycles. The molecule has 0 aromatic carbocycles. The molecule has 16 heavy (non-hydrogen) atoms. The first-order chi connectivity index (χ1) is 7.54. The summed E-state index contributed by atoms with van der Waals surface area (Å²) in [5.41, 5.74) is 6.79. The van der Waals surface area contributed by atoms with E-state index in [9.17, 15) is 0 Å². The van der Waals surface area contributed by atoms with Crippen molar-refractivity contribution >= 4 is 11.5 Å². The van der Waals surface area contributed by atoms with Crippen molar-refractivity contribution in [2.75, 3.05) is 24.7 Å². The van der Waals surface area contributed by atoms with Crippen molar-refractivity contribution < 1.29 is 4.74 Å². The van der Waals surface area contributed by atoms with Crippen LogP contribution < -0.4 is 15.8 Å². The van der Waals surface area contributed by atoms with Crippen molar-refractivity contribution in [3.05, 3.63) is 6.33 Å². The largest absolute Gasteiger partial charge is 0.479 e. The molecule has 1 aliphatic carbocycles. The van der Waals surface area contributed by atoms with Crippen molar-refractivity contribution in [3.63, 3.8) is 0 Å². The number of anilines is 2. The Labute approximate surface area is 95.4 Å². The monoisotopic (exact) mass is 222 g/mol. The second-order valence-electron chi connectivity index (χ2n) is 4.92. The zero-order chi connectivity index (χ0) is 11.8. The molecule has 1 aliphatic rings. The van der Waals surface area contributed by atoms with Gasteiger partial charge in [-0.25, -0.2) is 4.98 Å². The van der Waals surface area contributed by atoms with Crippen molar-refractivity contribution in [2.45, 2.75) is 20.3 Å². The summed E-state index contributed by atoms with van der Waals surface area (Å²) in [5.74, 6) is 1.79. The van der Waals surface area contributed by atoms with Crippen LogP contribution in [0.15, 0.2) is 6.33 Å². The zero-order valence-corrected chi connectivity index (χ0v) is 9.95. The van der Waals surface area contributed by atoms with E-state index in [2.05, 4.69) is 29.1 Å². The van der Waals surface area contributed by atoms with E-state index in [-0.39, 0.29) is 0 Å². The number of nitrogens with zero attached hydrogens (tertiary/aromatic N) is 2. The minimum absolute atomic E-state index is 0.424. The number of ether oxygens (including phenoxy) is 1. The predicted octanol–water partition coefficient (Wildman–Crippen LogP) is 1.53. The highest BCUT2D eigenvalue weighted by atomic mass is 16.5. The molecular weight excluding hydrogens is 204 g/mol. The average Bonchev–Trinajstić information content (AvgIpc) is 2.85. The van der Waals surface area contributed by atoms with Crippen molar-refractivity contribution in [1.29, 1.82) is 0 Å². The van der Waals surface area contributed by atoms with E-state index in [1.54, 1.807) is 7.11 Å². The lowest BCUT2D eigenvalue weighted by atomic mass is 10.1. The van der Waals surface area contributed by atoms with Gasteiger partial charge in [0.15, 0.2) is 5.82 Å². The van der Waals surface area contributed by atoms with Crippen LogP contribution in [-0.2, 0) is 0 Å². The van der Waals surface area contributed by atoms with E-state index in [1.807, 2.05) is 0 Å². The van der Waals surface area contributed by atoms with Gasteiger partial charge in [-0.05, 0) is 17.8 Å². The minimum atomic E-state index is 0.424. The third-order valence-corrected chi connectivity index (χ3v) is 3.27. The van der Waals surface area contributed by atoms with Crippen LogP contribution in [0.5, 0.6) is 5.88 Å². The number of hydrogen-bond donors (Lipinski definition) is 2. The normalized spacial score (nSPS) is 21.6. The summed E-state index contributed by atoms with van der Waals surface area (Å²) in [6.45, 7) is 5.43. The summed E-state index contributed by atoms with van der Waals surface area (Å²) in [5, 5.41) is 3.25. The molecule has 0 radical (unpaired) electrons. The molecule has 1 heterocycles. The first-order valence-electron chi connectivity index (χ1n) is 5.43. The van der Waals surface area contributed by atoms with Crippen molar-refractivity contribution in [3.8, 4) is 5.88 Å². The van der Waals surface area contributed by atoms with Crippen LogP contribution in [0.3, 0.4) is 0 Å². The summed E-state index contributed by atoms with van der Waals surface area (Å²) < 4.78 is 5.03. The van der Waals surface area contributed by atoms with Gasteiger partial charge in [0.2, 0.25) is 5.88 Å². The number of rotatable bonds is 4. The van der Waals surface area contributed by atoms with Crippen molar-refractivity contribution in [1.82, 2.24) is 9.97 Å². The van der Waals surface area contributed by atoms with Gasteiger partial charge >= 0.3 is 0 Å². The van der Waals surface area contributed by atoms with Gasteiger partial charge in [-0.2, -0.15) is 4.98 Å². The van der Waals surface area contributed by atoms with E-state index < -0.39 is 0 Å². The van der Waals surface area contributed by atoms with E-state index in [1.165, 1.54) is 12.7 Å². The second-order valence-corrected chi connectivity index (χ2v) is 4.92. The summed E-state index contributed by atoms with van der Waals surface area (Å²) >= 11 is 0. The van der Waals surface area contributed by atoms with Gasteiger partial charge in [-0.1, -0.05) is 13.8 Å². The van der Waals surface area contributed by atoms with Gasteiger partial charge in [0.25, 0.3) is 0 Å². The molecular formula is C11H18N4O. The smallest absolute Gasteiger partial charge is 0.242 e. The molecule has 0 spiro atoms. The molecule has 0 bridgehead atoms. The van der Waals surface area contributed by atoms with Gasteiger partial charge in [-0.15, -0.1) is 0 Å². The lowest BCUT2D eigenvalue weighted by Crippen LogP contribution is -2.11. The molecule has 5 nitrogen and oxygen atoms in total. The van der Waals surface area contributed by atoms with Crippen LogP contribution in [0.1, 0.15) is 20.3 Å². The van der Waals surface area contributed by atoms with E-state index in [0.29, 0.717) is 28.7 Å². The van der Waals surface area contributed by atoms with Gasteiger partial charge in [0.1, 0.15) is 12.0 Å². The number of aromatic nitrogens is 2. The van der Waals surface area contributed by atoms with Crippen LogP contribution in [-0.4, -0.2) is 23.6 Å². The fourth-order valence-corrected chi connectivity index (χ4v) is 1.83. The van der Waals surface area contributed by atoms with Crippen LogP contribution in [0.4, 0.5) is 11.5 Å². The number of nitrogens with two attached hydrogens (primary N) is 1. The first kappa shape index (κ1) is 11.0. The Morgan fingerprint density at radius 2 is 2.25 bits per heavy atom. The Morgan fingerprint density at radius 3 is 2.81 bits per heavy atom. The maximum Gasteiger partial charge on any atom is 0.242 e. The highest BCUT2D eigenvalue weighted by Crippen LogP contribution is 2.51. The maximum absolute atomic E-state index is 5.86. The van der Waals surface area contributed by atoms with Gasteiger partial charge in [0, 0.05) is 6.54 Å². The van der Waals surface area contributed by atoms with Gasteiger partial charge in [0.05, 0.1) is 7.11 Å². The highest BCUT2D eigenvalue weighted by Gasteiger charge is 2.45. The first-order valence-corrected chi connectivity index (χ1v) is 5.43. The third kappa shape index (κ3) is 2.03. The molecule has 1 unspecified atom stereocenters. The third-order valence-electron chi connectivity index (χ3n) is 3.27. The standard InChI is InChI=1S/C11H18N4O/c1-11(2)4-7(11)5-13-9-8(12)10(16-3)15-6-14-9/h6-7H,4-5,12H2,1-3H3,(H,13,14,15). The molecule has 1 fully saturated rings. The Bertz CT molecular complexity index is 392. The Kier molecular flexibility index (Phi) is 2.61. The molecule has 1 aromatic heterocycles. The van der Waals surface area contributed by atoms with Gasteiger partial charge in [-0.3, -0.25) is 0 Å². The van der Waals surface area contributed by atoms with E-state index in [4.69, 9.17) is 10.5 Å². The summed E-state index contributed by atoms with van der Waals surface area (Å²) in [6, 6.07) is 0. The van der Waals surface area contributed by atoms with E-state index in [0.717, 1.165) is 6.54 Å². The van der Waals surface area contributed by atoms with Gasteiger partial charge < -0.3 is 15.8 Å². The quantitative estimate of drug-likeness (QED) is 0.808. The van der Waals surface area contributed by atoms with Crippen LogP contribution in [0.2, 0.25) is 0 Å². The number of methoxy groups -OCH3 is 1. The summed E-state index contributed by atoms with van der Waals surface area (Å²) in [4.78, 5) is 8.04. The molecule has 5 heteroatoms. The number of nitrogens with one attached hydrogen (secondary N) is 1. The lowest BCUT2D eigenvalue weighted by molar-refractivity contribution is 0.399. The van der Waals surface area contributed by atoms with Crippen molar-refractivity contribution in [2.24, 2.45) is 11.3 Å². The SMILES string of the molecule is COc1ncnc(NCC2CC2(C)C)c1N. The molecule has 2 rings (SSSR count). The fourth-order valence-electron chi connectivity index (χ4n) is 1.83. The minimum Gasteiger partial charge on any atom is -0.479 e. The maximum atomic E-state index is 5.86. The fraction of sp³-hybridized carbons (Fsp3) is 0.636. The average molecular weight is 222 g/mol. The molecule has 0 aliphatic heterocycles.